The van der Waals surface area contributed by atoms with Gasteiger partial charge >= 0.3 is 0 Å². The third kappa shape index (κ3) is 3.09. The molecule has 1 aromatic rings. The summed E-state index contributed by atoms with van der Waals surface area (Å²) in [6.45, 7) is 7.97. The Balaban J connectivity index is 2.96. The van der Waals surface area contributed by atoms with Crippen molar-refractivity contribution in [3.8, 4) is 0 Å². The second-order valence-electron chi connectivity index (χ2n) is 3.95. The summed E-state index contributed by atoms with van der Waals surface area (Å²) in [5.74, 6) is 0.900. The molecule has 1 rings (SSSR count). The van der Waals surface area contributed by atoms with Crippen LogP contribution >= 0.6 is 31.9 Å². The summed E-state index contributed by atoms with van der Waals surface area (Å²) < 4.78 is 7.30. The molecule has 1 aromatic heterocycles. The van der Waals surface area contributed by atoms with Gasteiger partial charge in [-0.2, -0.15) is 0 Å². The number of halogens is 2. The Morgan fingerprint density at radius 2 is 2.06 bits per heavy atom. The van der Waals surface area contributed by atoms with Crippen LogP contribution in [0.4, 0.5) is 0 Å². The van der Waals surface area contributed by atoms with Crippen molar-refractivity contribution in [1.82, 2.24) is 4.90 Å². The molecule has 92 valence electrons. The molecule has 0 saturated carbocycles. The summed E-state index contributed by atoms with van der Waals surface area (Å²) in [5, 5.41) is 0. The van der Waals surface area contributed by atoms with Gasteiger partial charge in [0.15, 0.2) is 4.67 Å². The average Bonchev–Trinajstić information content (AvgIpc) is 2.54. The van der Waals surface area contributed by atoms with Crippen LogP contribution in [0.3, 0.4) is 0 Å². The number of nitrogens with zero attached hydrogens (tertiary/aromatic N) is 1. The molecule has 0 aliphatic carbocycles. The Morgan fingerprint density at radius 3 is 2.38 bits per heavy atom. The Kier molecular flexibility index (Phi) is 5.50. The number of hydrogen-bond acceptors (Lipinski definition) is 3. The molecule has 16 heavy (non-hydrogen) atoms. The fourth-order valence-electron chi connectivity index (χ4n) is 1.89. The fraction of sp³-hybridized carbons (Fsp3) is 0.636. The van der Waals surface area contributed by atoms with Gasteiger partial charge in [0.05, 0.1) is 10.5 Å². The van der Waals surface area contributed by atoms with E-state index in [-0.39, 0.29) is 6.04 Å². The van der Waals surface area contributed by atoms with Crippen LogP contribution < -0.4 is 5.73 Å². The second kappa shape index (κ2) is 6.19. The average molecular weight is 354 g/mol. The van der Waals surface area contributed by atoms with E-state index >= 15 is 0 Å². The SMILES string of the molecule is CCN(C(C)C)C(CN)c1cc(Br)c(Br)o1. The molecule has 0 amide bonds. The van der Waals surface area contributed by atoms with E-state index < -0.39 is 0 Å². The molecule has 2 N–H and O–H groups in total. The fourth-order valence-corrected chi connectivity index (χ4v) is 2.50. The molecule has 0 fully saturated rings. The van der Waals surface area contributed by atoms with Gasteiger partial charge in [0.1, 0.15) is 5.76 Å². The third-order valence-electron chi connectivity index (χ3n) is 2.64. The predicted octanol–water partition coefficient (Wildman–Crippen LogP) is 3.53. The van der Waals surface area contributed by atoms with Gasteiger partial charge in [-0.3, -0.25) is 4.90 Å². The van der Waals surface area contributed by atoms with Crippen LogP contribution in [-0.2, 0) is 0 Å². The van der Waals surface area contributed by atoms with Crippen molar-refractivity contribution in [3.05, 3.63) is 21.0 Å². The molecule has 0 aromatic carbocycles. The molecule has 0 saturated heterocycles. The van der Waals surface area contributed by atoms with Gasteiger partial charge in [0.2, 0.25) is 0 Å². The van der Waals surface area contributed by atoms with Gasteiger partial charge in [-0.1, -0.05) is 6.92 Å². The molecule has 5 heteroatoms. The van der Waals surface area contributed by atoms with Gasteiger partial charge < -0.3 is 10.2 Å². The molecule has 3 nitrogen and oxygen atoms in total. The second-order valence-corrected chi connectivity index (χ2v) is 5.52. The molecule has 1 atom stereocenters. The maximum Gasteiger partial charge on any atom is 0.183 e. The molecule has 0 spiro atoms. The predicted molar refractivity (Wildman–Crippen MR) is 73.4 cm³/mol. The lowest BCUT2D eigenvalue weighted by molar-refractivity contribution is 0.147. The summed E-state index contributed by atoms with van der Waals surface area (Å²) >= 11 is 6.77. The van der Waals surface area contributed by atoms with E-state index in [0.717, 1.165) is 21.4 Å². The number of furan rings is 1. The first-order chi connectivity index (χ1) is 7.51. The summed E-state index contributed by atoms with van der Waals surface area (Å²) in [5.41, 5.74) is 5.85. The van der Waals surface area contributed by atoms with E-state index in [1.54, 1.807) is 0 Å². The zero-order chi connectivity index (χ0) is 12.3. The minimum Gasteiger partial charge on any atom is -0.451 e. The van der Waals surface area contributed by atoms with E-state index in [2.05, 4.69) is 57.5 Å². The molecule has 0 aliphatic heterocycles. The molecule has 0 bridgehead atoms. The van der Waals surface area contributed by atoms with E-state index in [4.69, 9.17) is 10.2 Å². The Bertz CT molecular complexity index is 319. The molecule has 0 radical (unpaired) electrons. The number of rotatable bonds is 5. The summed E-state index contributed by atoms with van der Waals surface area (Å²) in [6.07, 6.45) is 0. The van der Waals surface area contributed by atoms with Crippen molar-refractivity contribution in [2.24, 2.45) is 5.73 Å². The Hall–Kier alpha value is 0.160. The quantitative estimate of drug-likeness (QED) is 0.880. The molecule has 1 heterocycles. The topological polar surface area (TPSA) is 42.4 Å². The van der Waals surface area contributed by atoms with Crippen molar-refractivity contribution in [1.29, 1.82) is 0 Å². The third-order valence-corrected chi connectivity index (χ3v) is 4.35. The van der Waals surface area contributed by atoms with Gasteiger partial charge in [0, 0.05) is 12.6 Å². The maximum absolute atomic E-state index is 5.85. The largest absolute Gasteiger partial charge is 0.451 e. The lowest BCUT2D eigenvalue weighted by atomic mass is 10.1. The van der Waals surface area contributed by atoms with E-state index in [1.165, 1.54) is 0 Å². The zero-order valence-corrected chi connectivity index (χ0v) is 13.0. The Labute approximate surface area is 114 Å². The monoisotopic (exact) mass is 352 g/mol. The standard InChI is InChI=1S/C11H18Br2N2O/c1-4-15(7(2)3)9(6-14)10-5-8(12)11(13)16-10/h5,7,9H,4,6,14H2,1-3H3. The van der Waals surface area contributed by atoms with Gasteiger partial charge in [0.25, 0.3) is 0 Å². The van der Waals surface area contributed by atoms with Crippen LogP contribution in [0.5, 0.6) is 0 Å². The zero-order valence-electron chi connectivity index (χ0n) is 9.84. The van der Waals surface area contributed by atoms with E-state index in [0.29, 0.717) is 12.6 Å². The minimum absolute atomic E-state index is 0.132. The van der Waals surface area contributed by atoms with Crippen molar-refractivity contribution in [2.45, 2.75) is 32.9 Å². The summed E-state index contributed by atoms with van der Waals surface area (Å²) in [7, 11) is 0. The van der Waals surface area contributed by atoms with Gasteiger partial charge in [-0.15, -0.1) is 0 Å². The first-order valence-electron chi connectivity index (χ1n) is 5.41. The Morgan fingerprint density at radius 1 is 1.44 bits per heavy atom. The molecular weight excluding hydrogens is 336 g/mol. The van der Waals surface area contributed by atoms with Crippen LogP contribution in [0.2, 0.25) is 0 Å². The smallest absolute Gasteiger partial charge is 0.183 e. The highest BCUT2D eigenvalue weighted by molar-refractivity contribution is 9.13. The van der Waals surface area contributed by atoms with Crippen molar-refractivity contribution in [3.63, 3.8) is 0 Å². The van der Waals surface area contributed by atoms with E-state index in [1.807, 2.05) is 6.07 Å². The minimum atomic E-state index is 0.132. The number of hydrogen-bond donors (Lipinski definition) is 1. The van der Waals surface area contributed by atoms with Crippen LogP contribution in [0, 0.1) is 0 Å². The van der Waals surface area contributed by atoms with Crippen molar-refractivity contribution < 1.29 is 4.42 Å². The maximum atomic E-state index is 5.85. The van der Waals surface area contributed by atoms with Gasteiger partial charge in [-0.05, 0) is 58.3 Å². The molecule has 0 aliphatic rings. The lowest BCUT2D eigenvalue weighted by Gasteiger charge is -2.31. The summed E-state index contributed by atoms with van der Waals surface area (Å²) in [4.78, 5) is 2.32. The van der Waals surface area contributed by atoms with Gasteiger partial charge in [-0.25, -0.2) is 0 Å². The highest BCUT2D eigenvalue weighted by Crippen LogP contribution is 2.32. The van der Waals surface area contributed by atoms with Crippen molar-refractivity contribution >= 4 is 31.9 Å². The number of likely N-dealkylation sites (N-methyl/N-ethyl adjacent to an activating group) is 1. The van der Waals surface area contributed by atoms with E-state index in [9.17, 15) is 0 Å². The highest BCUT2D eigenvalue weighted by atomic mass is 79.9. The first-order valence-corrected chi connectivity index (χ1v) is 7.00. The van der Waals surface area contributed by atoms with Crippen molar-refractivity contribution in [2.75, 3.05) is 13.1 Å². The summed E-state index contributed by atoms with van der Waals surface area (Å²) in [6, 6.07) is 2.56. The number of nitrogens with two attached hydrogens (primary N) is 1. The lowest BCUT2D eigenvalue weighted by Crippen LogP contribution is -2.38. The van der Waals surface area contributed by atoms with Crippen LogP contribution in [0.25, 0.3) is 0 Å². The van der Waals surface area contributed by atoms with Crippen LogP contribution in [-0.4, -0.2) is 24.0 Å². The van der Waals surface area contributed by atoms with Crippen LogP contribution in [0.1, 0.15) is 32.6 Å². The highest BCUT2D eigenvalue weighted by Gasteiger charge is 2.24. The molecule has 1 unspecified atom stereocenters. The normalized spacial score (nSPS) is 13.8. The molecular formula is C11H18Br2N2O. The van der Waals surface area contributed by atoms with Crippen LogP contribution in [0.15, 0.2) is 19.6 Å². The first kappa shape index (κ1) is 14.2.